The molecule has 0 aromatic heterocycles. The first kappa shape index (κ1) is 33.4. The van der Waals surface area contributed by atoms with Gasteiger partial charge in [0.1, 0.15) is 29.0 Å². The summed E-state index contributed by atoms with van der Waals surface area (Å²) in [6.45, 7) is 4.60. The van der Waals surface area contributed by atoms with Gasteiger partial charge in [-0.15, -0.1) is 0 Å². The lowest BCUT2D eigenvalue weighted by Gasteiger charge is -2.44. The number of aromatic hydroxyl groups is 2. The smallest absolute Gasteiger partial charge is 0.202 e. The van der Waals surface area contributed by atoms with Crippen LogP contribution in [0.15, 0.2) is 18.2 Å². The van der Waals surface area contributed by atoms with Gasteiger partial charge in [0.05, 0.1) is 48.2 Å². The molecular formula is C33H40N2O12. The number of ether oxygens (including phenoxy) is 5. The van der Waals surface area contributed by atoms with Gasteiger partial charge >= 0.3 is 0 Å². The summed E-state index contributed by atoms with van der Waals surface area (Å²) in [6, 6.07) is 3.25. The molecule has 0 saturated carbocycles. The van der Waals surface area contributed by atoms with Crippen molar-refractivity contribution in [1.29, 1.82) is 0 Å². The number of phenols is 2. The minimum Gasteiger partial charge on any atom is -0.507 e. The van der Waals surface area contributed by atoms with Crippen molar-refractivity contribution in [3.8, 4) is 17.2 Å². The van der Waals surface area contributed by atoms with Crippen LogP contribution in [0.25, 0.3) is 0 Å². The monoisotopic (exact) mass is 656 g/mol. The Morgan fingerprint density at radius 3 is 2.21 bits per heavy atom. The van der Waals surface area contributed by atoms with Gasteiger partial charge in [0.2, 0.25) is 5.78 Å². The number of carbonyl (C=O) groups is 3. The van der Waals surface area contributed by atoms with Crippen molar-refractivity contribution in [1.82, 2.24) is 0 Å². The quantitative estimate of drug-likeness (QED) is 0.202. The molecule has 0 spiro atoms. The molecule has 6 rings (SSSR count). The van der Waals surface area contributed by atoms with Gasteiger partial charge in [-0.05, 0) is 26.8 Å². The van der Waals surface area contributed by atoms with Crippen LogP contribution >= 0.6 is 0 Å². The number of hydrogen-bond acceptors (Lipinski definition) is 14. The number of carbonyl (C=O) groups excluding carboxylic acids is 3. The Morgan fingerprint density at radius 2 is 1.57 bits per heavy atom. The zero-order valence-electron chi connectivity index (χ0n) is 26.5. The van der Waals surface area contributed by atoms with Crippen LogP contribution in [0.5, 0.6) is 17.2 Å². The molecule has 2 fully saturated rings. The normalized spacial score (nSPS) is 35.1. The van der Waals surface area contributed by atoms with Gasteiger partial charge in [0, 0.05) is 54.5 Å². The number of benzene rings is 2. The maximum absolute atomic E-state index is 13.8. The second kappa shape index (κ2) is 12.2. The first-order valence-electron chi connectivity index (χ1n) is 15.6. The number of phenolic OH excluding ortho intramolecular Hbond substituents is 2. The van der Waals surface area contributed by atoms with Crippen LogP contribution < -0.4 is 16.2 Å². The number of aliphatic hydroxyl groups is 2. The van der Waals surface area contributed by atoms with E-state index in [1.54, 1.807) is 13.8 Å². The second-order valence-electron chi connectivity index (χ2n) is 12.9. The summed E-state index contributed by atoms with van der Waals surface area (Å²) >= 11 is 0. The summed E-state index contributed by atoms with van der Waals surface area (Å²) < 4.78 is 29.6. The molecule has 0 amide bonds. The standard InChI is InChI=1S/C33H40N2O12/c1-12-27(37)17(34)8-22(44-12)47-32-13(2)45-21(9-18(32)35)46-20-11-33(42,14(3)36)10-16-24(20)31(41)26-25(29(16)39)28(38)15-6-5-7-19(43-4)23(15)30(26)40/h5-7,12-13,17-18,20-22,27,32,37,39,41-42H,8-11,34-35H2,1-4H3. The van der Waals surface area contributed by atoms with Crippen LogP contribution in [-0.4, -0.2) is 99.6 Å². The number of Topliss-reactive ketones (excluding diaryl/α,β-unsaturated/α-hetero) is 1. The second-order valence-corrected chi connectivity index (χ2v) is 12.9. The number of nitrogens with two attached hydrogens (primary N) is 2. The Labute approximate surface area is 270 Å². The summed E-state index contributed by atoms with van der Waals surface area (Å²) in [5, 5.41) is 44.7. The first-order valence-corrected chi connectivity index (χ1v) is 15.6. The predicted octanol–water partition coefficient (Wildman–Crippen LogP) is 0.876. The lowest BCUT2D eigenvalue weighted by molar-refractivity contribution is -0.294. The first-order chi connectivity index (χ1) is 22.2. The van der Waals surface area contributed by atoms with Crippen LogP contribution in [0, 0.1) is 0 Å². The number of rotatable bonds is 6. The third-order valence-corrected chi connectivity index (χ3v) is 9.82. The van der Waals surface area contributed by atoms with Crippen LogP contribution in [0.4, 0.5) is 0 Å². The van der Waals surface area contributed by atoms with Crippen molar-refractivity contribution in [3.63, 3.8) is 0 Å². The Kier molecular flexibility index (Phi) is 8.68. The van der Waals surface area contributed by atoms with Crippen molar-refractivity contribution in [2.24, 2.45) is 11.5 Å². The number of methoxy groups -OCH3 is 1. The highest BCUT2D eigenvalue weighted by Gasteiger charge is 2.50. The van der Waals surface area contributed by atoms with Crippen LogP contribution in [0.1, 0.15) is 89.1 Å². The Balaban J connectivity index is 1.33. The molecule has 0 radical (unpaired) electrons. The minimum absolute atomic E-state index is 0.0245. The fourth-order valence-corrected chi connectivity index (χ4v) is 7.21. The number of aliphatic hydroxyl groups excluding tert-OH is 1. The maximum atomic E-state index is 13.8. The number of hydrogen-bond donors (Lipinski definition) is 6. The van der Waals surface area contributed by atoms with E-state index in [1.807, 2.05) is 0 Å². The van der Waals surface area contributed by atoms with Crippen molar-refractivity contribution in [2.75, 3.05) is 7.11 Å². The molecule has 0 bridgehead atoms. The van der Waals surface area contributed by atoms with E-state index in [0.29, 0.717) is 0 Å². The molecule has 254 valence electrons. The predicted molar refractivity (Wildman–Crippen MR) is 162 cm³/mol. The van der Waals surface area contributed by atoms with Crippen LogP contribution in [0.2, 0.25) is 0 Å². The van der Waals surface area contributed by atoms with Crippen molar-refractivity contribution in [3.05, 3.63) is 51.6 Å². The average Bonchev–Trinajstić information content (AvgIpc) is 3.01. The van der Waals surface area contributed by atoms with E-state index in [4.69, 9.17) is 35.2 Å². The number of ketones is 3. The summed E-state index contributed by atoms with van der Waals surface area (Å²) in [5.74, 6) is -3.24. The summed E-state index contributed by atoms with van der Waals surface area (Å²) in [5.41, 5.74) is 9.42. The van der Waals surface area contributed by atoms with Gasteiger partial charge in [-0.3, -0.25) is 14.4 Å². The van der Waals surface area contributed by atoms with Gasteiger partial charge in [-0.2, -0.15) is 0 Å². The summed E-state index contributed by atoms with van der Waals surface area (Å²) in [6.07, 6.45) is -6.16. The molecular weight excluding hydrogens is 616 g/mol. The fourth-order valence-electron chi connectivity index (χ4n) is 7.21. The van der Waals surface area contributed by atoms with E-state index in [0.717, 1.165) is 0 Å². The molecule has 47 heavy (non-hydrogen) atoms. The fraction of sp³-hybridized carbons (Fsp3) is 0.545. The largest absolute Gasteiger partial charge is 0.507 e. The molecule has 14 heteroatoms. The molecule has 2 aliphatic carbocycles. The third kappa shape index (κ3) is 5.52. The van der Waals surface area contributed by atoms with E-state index in [-0.39, 0.29) is 47.3 Å². The van der Waals surface area contributed by atoms with E-state index < -0.39 is 107 Å². The Bertz CT molecular complexity index is 1610. The Morgan fingerprint density at radius 1 is 0.936 bits per heavy atom. The van der Waals surface area contributed by atoms with Gasteiger partial charge < -0.3 is 55.6 Å². The van der Waals surface area contributed by atoms with E-state index in [9.17, 15) is 34.8 Å². The van der Waals surface area contributed by atoms with E-state index in [1.165, 1.54) is 32.2 Å². The molecule has 8 N–H and O–H groups in total. The average molecular weight is 657 g/mol. The van der Waals surface area contributed by atoms with Crippen LogP contribution in [0.3, 0.4) is 0 Å². The molecule has 2 aromatic carbocycles. The maximum Gasteiger partial charge on any atom is 0.202 e. The highest BCUT2D eigenvalue weighted by molar-refractivity contribution is 6.31. The topological polar surface area (TPSA) is 230 Å². The highest BCUT2D eigenvalue weighted by Crippen LogP contribution is 2.52. The highest BCUT2D eigenvalue weighted by atomic mass is 16.7. The SMILES string of the molecule is COc1cccc2c1C(=O)c1c(O)c3c(c(O)c1C2=O)CC(O)(C(C)=O)CC3OC1CC(N)C(OC2CC(N)C(O)C(C)O2)C(C)O1. The summed E-state index contributed by atoms with van der Waals surface area (Å²) in [4.78, 5) is 40.2. The Hall–Kier alpha value is -3.47. The van der Waals surface area contributed by atoms with Crippen molar-refractivity contribution < 1.29 is 58.5 Å². The lowest BCUT2D eigenvalue weighted by atomic mass is 9.72. The lowest BCUT2D eigenvalue weighted by Crippen LogP contribution is -2.57. The molecule has 10 atom stereocenters. The molecule has 2 aliphatic heterocycles. The number of fused-ring (bicyclic) bond motifs is 3. The molecule has 10 unspecified atom stereocenters. The summed E-state index contributed by atoms with van der Waals surface area (Å²) in [7, 11) is 1.34. The zero-order chi connectivity index (χ0) is 34.1. The molecule has 4 aliphatic rings. The van der Waals surface area contributed by atoms with Gasteiger partial charge in [0.25, 0.3) is 0 Å². The van der Waals surface area contributed by atoms with Gasteiger partial charge in [-0.1, -0.05) is 12.1 Å². The van der Waals surface area contributed by atoms with E-state index in [2.05, 4.69) is 0 Å². The molecule has 2 heterocycles. The van der Waals surface area contributed by atoms with Crippen molar-refractivity contribution >= 4 is 17.3 Å². The van der Waals surface area contributed by atoms with Crippen LogP contribution in [-0.2, 0) is 30.2 Å². The minimum atomic E-state index is -2.04. The van der Waals surface area contributed by atoms with Gasteiger partial charge in [-0.25, -0.2) is 0 Å². The van der Waals surface area contributed by atoms with Gasteiger partial charge in [0.15, 0.2) is 24.1 Å². The molecule has 2 aromatic rings. The van der Waals surface area contributed by atoms with E-state index >= 15 is 0 Å². The third-order valence-electron chi connectivity index (χ3n) is 9.82. The zero-order valence-corrected chi connectivity index (χ0v) is 26.5. The van der Waals surface area contributed by atoms with Crippen molar-refractivity contribution in [2.45, 2.75) is 107 Å². The molecule has 14 nitrogen and oxygen atoms in total. The molecule has 2 saturated heterocycles.